The molecule has 0 radical (unpaired) electrons. The van der Waals surface area contributed by atoms with Crippen molar-refractivity contribution in [2.24, 2.45) is 0 Å². The summed E-state index contributed by atoms with van der Waals surface area (Å²) in [6.07, 6.45) is 8.17. The van der Waals surface area contributed by atoms with E-state index in [4.69, 9.17) is 9.47 Å². The number of fused-ring (bicyclic) bond motifs is 1. The molecule has 0 saturated carbocycles. The summed E-state index contributed by atoms with van der Waals surface area (Å²) in [4.78, 5) is 28.8. The molecule has 2 aromatic heterocycles. The van der Waals surface area contributed by atoms with Crippen LogP contribution in [-0.4, -0.2) is 34.6 Å². The first-order valence-corrected chi connectivity index (χ1v) is 14.5. The molecule has 0 aliphatic heterocycles. The molecule has 5 rings (SSSR count). The van der Waals surface area contributed by atoms with Gasteiger partial charge in [-0.2, -0.15) is 0 Å². The van der Waals surface area contributed by atoms with E-state index in [9.17, 15) is 9.59 Å². The third-order valence-electron chi connectivity index (χ3n) is 7.17. The summed E-state index contributed by atoms with van der Waals surface area (Å²) in [5, 5.41) is 4.02. The van der Waals surface area contributed by atoms with E-state index >= 15 is 0 Å². The summed E-state index contributed by atoms with van der Waals surface area (Å²) < 4.78 is 13.1. The largest absolute Gasteiger partial charge is 0.491 e. The van der Waals surface area contributed by atoms with Crippen molar-refractivity contribution in [3.05, 3.63) is 132 Å². The maximum atomic E-state index is 13.0. The molecule has 7 nitrogen and oxygen atoms in total. The van der Waals surface area contributed by atoms with Gasteiger partial charge in [0.15, 0.2) is 0 Å². The van der Waals surface area contributed by atoms with E-state index in [-0.39, 0.29) is 24.3 Å². The van der Waals surface area contributed by atoms with Crippen LogP contribution in [0.2, 0.25) is 0 Å². The molecule has 1 unspecified atom stereocenters. The zero-order chi connectivity index (χ0) is 30.0. The standard InChI is InChI=1S/C36H35N3O4/c1-3-42-35(41)14-9-23-43-33-13-8-7-12-31(33)38-34(40)24-26(2)29-15-16-32-30(25-29)19-22-39(32)36(27-10-5-4-6-11-27)28-17-20-37-21-18-28/h4-8,10-13,15-22,24-25,36H,3,9,14,23H2,1-2H3,(H,38,40)/b26-24+. The molecule has 0 spiro atoms. The minimum absolute atomic E-state index is 0.00224. The van der Waals surface area contributed by atoms with Gasteiger partial charge in [0.05, 0.1) is 24.9 Å². The number of rotatable bonds is 12. The van der Waals surface area contributed by atoms with E-state index in [1.165, 1.54) is 5.56 Å². The fourth-order valence-electron chi connectivity index (χ4n) is 5.11. The Morgan fingerprint density at radius 2 is 1.67 bits per heavy atom. The Morgan fingerprint density at radius 3 is 2.47 bits per heavy atom. The first-order chi connectivity index (χ1) is 21.0. The first-order valence-electron chi connectivity index (χ1n) is 14.5. The van der Waals surface area contributed by atoms with E-state index in [1.807, 2.05) is 43.6 Å². The summed E-state index contributed by atoms with van der Waals surface area (Å²) >= 11 is 0. The predicted molar refractivity (Wildman–Crippen MR) is 170 cm³/mol. The number of nitrogens with zero attached hydrogens (tertiary/aromatic N) is 2. The predicted octanol–water partition coefficient (Wildman–Crippen LogP) is 7.44. The monoisotopic (exact) mass is 573 g/mol. The minimum atomic E-state index is -0.250. The van der Waals surface area contributed by atoms with Crippen LogP contribution in [-0.2, 0) is 14.3 Å². The van der Waals surface area contributed by atoms with Crippen molar-refractivity contribution in [2.45, 2.75) is 32.7 Å². The number of amides is 1. The first kappa shape index (κ1) is 29.3. The summed E-state index contributed by atoms with van der Waals surface area (Å²) in [5.41, 5.74) is 5.81. The van der Waals surface area contributed by atoms with Crippen molar-refractivity contribution < 1.29 is 19.1 Å². The Labute approximate surface area is 251 Å². The third kappa shape index (κ3) is 7.38. The van der Waals surface area contributed by atoms with Gasteiger partial charge < -0.3 is 19.4 Å². The number of carbonyl (C=O) groups excluding carboxylic acids is 2. The molecule has 0 fully saturated rings. The normalized spacial score (nSPS) is 12.1. The maximum absolute atomic E-state index is 13.0. The lowest BCUT2D eigenvalue weighted by Crippen LogP contribution is -2.11. The van der Waals surface area contributed by atoms with E-state index < -0.39 is 0 Å². The SMILES string of the molecule is CCOC(=O)CCCOc1ccccc1NC(=O)/C=C(\C)c1ccc2c(ccn2C(c2ccccc2)c2ccncc2)c1. The zero-order valence-electron chi connectivity index (χ0n) is 24.4. The van der Waals surface area contributed by atoms with Crippen molar-refractivity contribution in [1.29, 1.82) is 0 Å². The number of allylic oxidation sites excluding steroid dienone is 1. The fourth-order valence-corrected chi connectivity index (χ4v) is 5.11. The molecule has 1 amide bonds. The van der Waals surface area contributed by atoms with Crippen molar-refractivity contribution in [1.82, 2.24) is 9.55 Å². The van der Waals surface area contributed by atoms with Gasteiger partial charge in [0, 0.05) is 42.0 Å². The fraction of sp³-hybridized carbons (Fsp3) is 0.194. The molecular weight excluding hydrogens is 538 g/mol. The summed E-state index contributed by atoms with van der Waals surface area (Å²) in [5.74, 6) is 0.0584. The van der Waals surface area contributed by atoms with E-state index in [2.05, 4.69) is 75.7 Å². The van der Waals surface area contributed by atoms with Crippen LogP contribution in [0.3, 0.4) is 0 Å². The molecule has 218 valence electrons. The number of esters is 1. The van der Waals surface area contributed by atoms with Gasteiger partial charge in [0.25, 0.3) is 0 Å². The Morgan fingerprint density at radius 1 is 0.930 bits per heavy atom. The lowest BCUT2D eigenvalue weighted by Gasteiger charge is -2.21. The lowest BCUT2D eigenvalue weighted by molar-refractivity contribution is -0.143. The van der Waals surface area contributed by atoms with E-state index in [1.54, 1.807) is 25.1 Å². The smallest absolute Gasteiger partial charge is 0.305 e. The number of aromatic nitrogens is 2. The zero-order valence-corrected chi connectivity index (χ0v) is 24.4. The molecule has 5 aromatic rings. The lowest BCUT2D eigenvalue weighted by atomic mass is 9.99. The van der Waals surface area contributed by atoms with Gasteiger partial charge in [-0.3, -0.25) is 14.6 Å². The van der Waals surface area contributed by atoms with Gasteiger partial charge in [-0.05, 0) is 85.0 Å². The molecule has 0 bridgehead atoms. The van der Waals surface area contributed by atoms with E-state index in [0.29, 0.717) is 31.1 Å². The van der Waals surface area contributed by atoms with Gasteiger partial charge in [0.2, 0.25) is 5.91 Å². The second-order valence-electron chi connectivity index (χ2n) is 10.2. The number of ether oxygens (including phenoxy) is 2. The van der Waals surface area contributed by atoms with Crippen molar-refractivity contribution in [3.63, 3.8) is 0 Å². The van der Waals surface area contributed by atoms with Crippen LogP contribution in [0.25, 0.3) is 16.5 Å². The van der Waals surface area contributed by atoms with Crippen LogP contribution < -0.4 is 10.1 Å². The summed E-state index contributed by atoms with van der Waals surface area (Å²) in [6, 6.07) is 30.2. The quantitative estimate of drug-likeness (QED) is 0.0953. The number of hydrogen-bond acceptors (Lipinski definition) is 5. The molecule has 2 heterocycles. The number of nitrogens with one attached hydrogen (secondary N) is 1. The second-order valence-corrected chi connectivity index (χ2v) is 10.2. The van der Waals surface area contributed by atoms with Crippen LogP contribution >= 0.6 is 0 Å². The van der Waals surface area contributed by atoms with Crippen LogP contribution in [0.15, 0.2) is 116 Å². The summed E-state index contributed by atoms with van der Waals surface area (Å²) in [7, 11) is 0. The van der Waals surface area contributed by atoms with Gasteiger partial charge >= 0.3 is 5.97 Å². The van der Waals surface area contributed by atoms with Crippen LogP contribution in [0, 0.1) is 0 Å². The average molecular weight is 574 g/mol. The van der Waals surface area contributed by atoms with Crippen molar-refractivity contribution in [3.8, 4) is 5.75 Å². The highest BCUT2D eigenvalue weighted by Gasteiger charge is 2.18. The number of hydrogen-bond donors (Lipinski definition) is 1. The number of anilines is 1. The molecule has 1 N–H and O–H groups in total. The third-order valence-corrected chi connectivity index (χ3v) is 7.17. The molecule has 0 aliphatic carbocycles. The average Bonchev–Trinajstić information content (AvgIpc) is 3.44. The minimum Gasteiger partial charge on any atom is -0.491 e. The van der Waals surface area contributed by atoms with Gasteiger partial charge in [0.1, 0.15) is 5.75 Å². The molecule has 1 atom stereocenters. The number of carbonyl (C=O) groups is 2. The Kier molecular flexibility index (Phi) is 9.64. The number of pyridine rings is 1. The Hall–Kier alpha value is -5.17. The highest BCUT2D eigenvalue weighted by atomic mass is 16.5. The number of benzene rings is 3. The summed E-state index contributed by atoms with van der Waals surface area (Å²) in [6.45, 7) is 4.42. The second kappa shape index (κ2) is 14.1. The highest BCUT2D eigenvalue weighted by Crippen LogP contribution is 2.32. The van der Waals surface area contributed by atoms with Crippen molar-refractivity contribution >= 4 is 34.0 Å². The van der Waals surface area contributed by atoms with E-state index in [0.717, 1.165) is 27.6 Å². The molecule has 43 heavy (non-hydrogen) atoms. The van der Waals surface area contributed by atoms with Crippen molar-refractivity contribution in [2.75, 3.05) is 18.5 Å². The maximum Gasteiger partial charge on any atom is 0.305 e. The Balaban J connectivity index is 1.31. The van der Waals surface area contributed by atoms with Crippen LogP contribution in [0.1, 0.15) is 49.4 Å². The molecule has 3 aromatic carbocycles. The van der Waals surface area contributed by atoms with Gasteiger partial charge in [-0.1, -0.05) is 48.5 Å². The highest BCUT2D eigenvalue weighted by molar-refractivity contribution is 6.05. The number of para-hydroxylation sites is 2. The van der Waals surface area contributed by atoms with Gasteiger partial charge in [-0.15, -0.1) is 0 Å². The molecule has 0 saturated heterocycles. The molecule has 0 aliphatic rings. The Bertz CT molecular complexity index is 1670. The molecule has 7 heteroatoms. The van der Waals surface area contributed by atoms with Crippen LogP contribution in [0.4, 0.5) is 5.69 Å². The topological polar surface area (TPSA) is 82.5 Å². The molecular formula is C36H35N3O4. The van der Waals surface area contributed by atoms with Crippen LogP contribution in [0.5, 0.6) is 5.75 Å². The van der Waals surface area contributed by atoms with Gasteiger partial charge in [-0.25, -0.2) is 0 Å².